The minimum Gasteiger partial charge on any atom is -0.478 e. The number of aromatic nitrogens is 1. The van der Waals surface area contributed by atoms with Crippen LogP contribution in [0.25, 0.3) is 15.7 Å². The maximum atomic E-state index is 15.1. The van der Waals surface area contributed by atoms with Crippen molar-refractivity contribution in [3.8, 4) is 0 Å². The second kappa shape index (κ2) is 8.51. The number of pyridine rings is 1. The highest BCUT2D eigenvalue weighted by Crippen LogP contribution is 2.29. The van der Waals surface area contributed by atoms with Crippen LogP contribution in [0.5, 0.6) is 0 Å². The van der Waals surface area contributed by atoms with Crippen molar-refractivity contribution in [3.05, 3.63) is 80.7 Å². The number of carboxylic acids is 2. The van der Waals surface area contributed by atoms with Gasteiger partial charge >= 0.3 is 11.9 Å². The highest BCUT2D eigenvalue weighted by Gasteiger charge is 2.27. The van der Waals surface area contributed by atoms with Crippen LogP contribution >= 0.6 is 11.3 Å². The van der Waals surface area contributed by atoms with Gasteiger partial charge in [0.1, 0.15) is 16.2 Å². The van der Waals surface area contributed by atoms with Crippen LogP contribution in [-0.2, 0) is 0 Å². The first-order chi connectivity index (χ1) is 16.8. The van der Waals surface area contributed by atoms with Crippen molar-refractivity contribution in [3.63, 3.8) is 0 Å². The fraction of sp³-hybridized carbons (Fsp3) is 0.167. The van der Waals surface area contributed by atoms with Crippen LogP contribution in [0.3, 0.4) is 0 Å². The molecule has 0 bridgehead atoms. The lowest BCUT2D eigenvalue weighted by atomic mass is 10.1. The predicted molar refractivity (Wildman–Crippen MR) is 127 cm³/mol. The zero-order valence-electron chi connectivity index (χ0n) is 18.1. The number of anilines is 1. The Morgan fingerprint density at radius 2 is 1.63 bits per heavy atom. The molecular formula is C24H18FN3O6S. The van der Waals surface area contributed by atoms with Crippen molar-refractivity contribution in [2.45, 2.75) is 0 Å². The highest BCUT2D eigenvalue weighted by atomic mass is 32.1. The summed E-state index contributed by atoms with van der Waals surface area (Å²) in [4.78, 5) is 52.4. The van der Waals surface area contributed by atoms with Gasteiger partial charge in [0.2, 0.25) is 5.43 Å². The molecule has 1 aliphatic rings. The van der Waals surface area contributed by atoms with Crippen molar-refractivity contribution in [2.75, 3.05) is 31.1 Å². The number of amides is 1. The number of hydrogen-bond donors (Lipinski definition) is 2. The largest absolute Gasteiger partial charge is 0.478 e. The molecule has 0 saturated carbocycles. The number of carbonyl (C=O) groups excluding carboxylic acids is 1. The molecule has 11 heteroatoms. The van der Waals surface area contributed by atoms with E-state index in [1.165, 1.54) is 23.1 Å². The zero-order chi connectivity index (χ0) is 24.9. The quantitative estimate of drug-likeness (QED) is 0.447. The molecule has 2 aromatic heterocycles. The first-order valence-corrected chi connectivity index (χ1v) is 11.5. The van der Waals surface area contributed by atoms with E-state index < -0.39 is 34.7 Å². The molecule has 1 saturated heterocycles. The number of rotatable bonds is 4. The monoisotopic (exact) mass is 495 g/mol. The molecule has 2 N–H and O–H groups in total. The van der Waals surface area contributed by atoms with Gasteiger partial charge in [-0.05, 0) is 24.3 Å². The summed E-state index contributed by atoms with van der Waals surface area (Å²) >= 11 is 1.11. The summed E-state index contributed by atoms with van der Waals surface area (Å²) in [6, 6.07) is 8.58. The minimum absolute atomic E-state index is 0.0290. The summed E-state index contributed by atoms with van der Waals surface area (Å²) in [5.74, 6) is -3.63. The molecule has 3 heterocycles. The van der Waals surface area contributed by atoms with E-state index in [1.54, 1.807) is 33.0 Å². The second-order valence-electron chi connectivity index (χ2n) is 8.04. The molecule has 0 spiro atoms. The Bertz CT molecular complexity index is 1590. The van der Waals surface area contributed by atoms with Gasteiger partial charge < -0.3 is 24.4 Å². The SMILES string of the molecule is O=C(O)c1ccccc1C(=O)N1CCN(c2cc3c(cc2F)c(=O)c(C(=O)O)c2sccn23)CC1. The fourth-order valence-electron chi connectivity index (χ4n) is 4.42. The first-order valence-electron chi connectivity index (χ1n) is 10.6. The number of thiazole rings is 1. The van der Waals surface area contributed by atoms with E-state index in [2.05, 4.69) is 0 Å². The van der Waals surface area contributed by atoms with E-state index in [1.807, 2.05) is 0 Å². The lowest BCUT2D eigenvalue weighted by Crippen LogP contribution is -2.49. The Morgan fingerprint density at radius 3 is 2.29 bits per heavy atom. The third-order valence-electron chi connectivity index (χ3n) is 6.13. The van der Waals surface area contributed by atoms with Gasteiger partial charge in [0.15, 0.2) is 0 Å². The molecule has 0 unspecified atom stereocenters. The van der Waals surface area contributed by atoms with E-state index in [4.69, 9.17) is 0 Å². The Hall–Kier alpha value is -4.25. The molecule has 35 heavy (non-hydrogen) atoms. The number of benzene rings is 2. The Kier molecular flexibility index (Phi) is 5.48. The molecule has 5 rings (SSSR count). The van der Waals surface area contributed by atoms with E-state index in [9.17, 15) is 29.4 Å². The van der Waals surface area contributed by atoms with Gasteiger partial charge in [0, 0.05) is 37.8 Å². The Labute approximate surface area is 200 Å². The van der Waals surface area contributed by atoms with Crippen LogP contribution in [0.15, 0.2) is 52.8 Å². The van der Waals surface area contributed by atoms with Crippen LogP contribution in [-0.4, -0.2) is 63.5 Å². The number of fused-ring (bicyclic) bond motifs is 3. The van der Waals surface area contributed by atoms with Crippen LogP contribution in [0.4, 0.5) is 10.1 Å². The predicted octanol–water partition coefficient (Wildman–Crippen LogP) is 3.01. The molecule has 0 aliphatic carbocycles. The molecule has 9 nitrogen and oxygen atoms in total. The summed E-state index contributed by atoms with van der Waals surface area (Å²) < 4.78 is 16.7. The molecule has 178 valence electrons. The summed E-state index contributed by atoms with van der Waals surface area (Å²) in [7, 11) is 0. The molecule has 1 fully saturated rings. The number of piperazine rings is 1. The van der Waals surface area contributed by atoms with Gasteiger partial charge in [0.25, 0.3) is 5.91 Å². The number of carboxylic acid groups (broad SMARTS) is 2. The smallest absolute Gasteiger partial charge is 0.342 e. The summed E-state index contributed by atoms with van der Waals surface area (Å²) in [5, 5.41) is 20.5. The van der Waals surface area contributed by atoms with E-state index in [0.29, 0.717) is 5.52 Å². The van der Waals surface area contributed by atoms with E-state index in [-0.39, 0.29) is 53.2 Å². The van der Waals surface area contributed by atoms with Crippen molar-refractivity contribution in [1.82, 2.24) is 9.30 Å². The third kappa shape index (κ3) is 3.69. The van der Waals surface area contributed by atoms with Crippen molar-refractivity contribution >= 4 is 50.6 Å². The van der Waals surface area contributed by atoms with Crippen LogP contribution in [0, 0.1) is 5.82 Å². The zero-order valence-corrected chi connectivity index (χ0v) is 18.9. The van der Waals surface area contributed by atoms with Gasteiger partial charge in [-0.1, -0.05) is 12.1 Å². The molecule has 1 amide bonds. The Morgan fingerprint density at radius 1 is 0.943 bits per heavy atom. The molecule has 0 atom stereocenters. The second-order valence-corrected chi connectivity index (χ2v) is 8.93. The number of aromatic carboxylic acids is 2. The van der Waals surface area contributed by atoms with E-state index in [0.717, 1.165) is 17.4 Å². The van der Waals surface area contributed by atoms with Crippen molar-refractivity contribution in [1.29, 1.82) is 0 Å². The Balaban J connectivity index is 1.46. The normalized spacial score (nSPS) is 14.0. The lowest BCUT2D eigenvalue weighted by molar-refractivity contribution is 0.0672. The topological polar surface area (TPSA) is 120 Å². The number of nitrogens with zero attached hydrogens (tertiary/aromatic N) is 3. The van der Waals surface area contributed by atoms with Gasteiger partial charge in [-0.15, -0.1) is 11.3 Å². The summed E-state index contributed by atoms with van der Waals surface area (Å²) in [6.07, 6.45) is 1.63. The first kappa shape index (κ1) is 22.5. The lowest BCUT2D eigenvalue weighted by Gasteiger charge is -2.36. The third-order valence-corrected chi connectivity index (χ3v) is 7.01. The average molecular weight is 495 g/mol. The number of carbonyl (C=O) groups is 3. The van der Waals surface area contributed by atoms with Gasteiger partial charge in [0.05, 0.1) is 27.7 Å². The van der Waals surface area contributed by atoms with Crippen molar-refractivity contribution < 1.29 is 29.0 Å². The van der Waals surface area contributed by atoms with Crippen LogP contribution in [0.1, 0.15) is 31.1 Å². The van der Waals surface area contributed by atoms with Crippen LogP contribution in [0.2, 0.25) is 0 Å². The standard InChI is InChI=1S/C24H18FN3O6S/c25-16-11-15-17(28-9-10-35-22(28)19(20(15)29)24(33)34)12-18(16)26-5-7-27(8-6-26)21(30)13-3-1-2-4-14(13)23(31)32/h1-4,9-12H,5-8H2,(H,31,32)(H,33,34). The van der Waals surface area contributed by atoms with Crippen LogP contribution < -0.4 is 10.3 Å². The van der Waals surface area contributed by atoms with Gasteiger partial charge in [-0.25, -0.2) is 14.0 Å². The maximum absolute atomic E-state index is 15.1. The number of halogens is 1. The molecule has 4 aromatic rings. The molecule has 0 radical (unpaired) electrons. The highest BCUT2D eigenvalue weighted by molar-refractivity contribution is 7.16. The van der Waals surface area contributed by atoms with Gasteiger partial charge in [-0.3, -0.25) is 9.59 Å². The summed E-state index contributed by atoms with van der Waals surface area (Å²) in [6.45, 7) is 1.07. The molecule has 1 aliphatic heterocycles. The number of hydrogen-bond acceptors (Lipinski definition) is 6. The van der Waals surface area contributed by atoms with Crippen molar-refractivity contribution in [2.24, 2.45) is 0 Å². The maximum Gasteiger partial charge on any atom is 0.342 e. The van der Waals surface area contributed by atoms with Gasteiger partial charge in [-0.2, -0.15) is 0 Å². The fourth-order valence-corrected chi connectivity index (χ4v) is 5.30. The molecular weight excluding hydrogens is 477 g/mol. The minimum atomic E-state index is -1.37. The average Bonchev–Trinajstić information content (AvgIpc) is 3.33. The summed E-state index contributed by atoms with van der Waals surface area (Å²) in [5.41, 5.74) is -0.494. The van der Waals surface area contributed by atoms with E-state index >= 15 is 4.39 Å². The molecule has 2 aromatic carbocycles.